The molecule has 0 saturated carbocycles. The number of aromatic nitrogens is 2. The highest BCUT2D eigenvalue weighted by molar-refractivity contribution is 6.31. The number of hydrogen-bond acceptors (Lipinski definition) is 2. The molecule has 0 bridgehead atoms. The zero-order valence-electron chi connectivity index (χ0n) is 13.6. The van der Waals surface area contributed by atoms with Crippen molar-refractivity contribution in [3.05, 3.63) is 76.6 Å². The minimum absolute atomic E-state index is 0.109. The predicted molar refractivity (Wildman–Crippen MR) is 96.8 cm³/mol. The van der Waals surface area contributed by atoms with Crippen molar-refractivity contribution in [3.8, 4) is 5.69 Å². The van der Waals surface area contributed by atoms with Crippen LogP contribution in [0.5, 0.6) is 0 Å². The molecular formula is C19H18ClN3O. The van der Waals surface area contributed by atoms with Gasteiger partial charge in [-0.05, 0) is 43.2 Å². The molecule has 24 heavy (non-hydrogen) atoms. The molecule has 0 aliphatic heterocycles. The third kappa shape index (κ3) is 3.34. The lowest BCUT2D eigenvalue weighted by atomic mass is 10.1. The van der Waals surface area contributed by atoms with Crippen LogP contribution in [0.2, 0.25) is 5.02 Å². The molecule has 1 amide bonds. The summed E-state index contributed by atoms with van der Waals surface area (Å²) in [5.41, 5.74) is 4.40. The normalized spacial score (nSPS) is 10.6. The lowest BCUT2D eigenvalue weighted by molar-refractivity contribution is -0.115. The predicted octanol–water partition coefficient (Wildman–Crippen LogP) is 4.32. The first kappa shape index (κ1) is 16.3. The summed E-state index contributed by atoms with van der Waals surface area (Å²) in [6.45, 7) is 3.88. The summed E-state index contributed by atoms with van der Waals surface area (Å²) in [6, 6.07) is 15.4. The highest BCUT2D eigenvalue weighted by atomic mass is 35.5. The molecule has 0 radical (unpaired) electrons. The Hall–Kier alpha value is -2.59. The summed E-state index contributed by atoms with van der Waals surface area (Å²) in [5, 5.41) is 7.89. The van der Waals surface area contributed by atoms with Crippen molar-refractivity contribution in [1.29, 1.82) is 0 Å². The Kier molecular flexibility index (Phi) is 4.67. The van der Waals surface area contributed by atoms with Crippen molar-refractivity contribution < 1.29 is 4.79 Å². The standard InChI is InChI=1S/C19H18ClN3O/c1-13-7-6-10-17(20)16(13)11-19(24)22-18-12-21-23(14(18)2)15-8-4-3-5-9-15/h3-10,12H,11H2,1-2H3,(H,22,24). The van der Waals surface area contributed by atoms with Crippen LogP contribution >= 0.6 is 11.6 Å². The summed E-state index contributed by atoms with van der Waals surface area (Å²) in [7, 11) is 0. The Bertz CT molecular complexity index is 851. The number of rotatable bonds is 4. The van der Waals surface area contributed by atoms with E-state index in [1.807, 2.05) is 56.3 Å². The maximum absolute atomic E-state index is 12.4. The molecule has 122 valence electrons. The van der Waals surface area contributed by atoms with Gasteiger partial charge in [-0.1, -0.05) is 41.9 Å². The second-order valence-electron chi connectivity index (χ2n) is 5.65. The molecule has 0 spiro atoms. The van der Waals surface area contributed by atoms with Gasteiger partial charge in [0.25, 0.3) is 0 Å². The second-order valence-corrected chi connectivity index (χ2v) is 6.06. The van der Waals surface area contributed by atoms with Crippen molar-refractivity contribution >= 4 is 23.2 Å². The fraction of sp³-hybridized carbons (Fsp3) is 0.158. The van der Waals surface area contributed by atoms with E-state index in [4.69, 9.17) is 11.6 Å². The number of halogens is 1. The van der Waals surface area contributed by atoms with Gasteiger partial charge >= 0.3 is 0 Å². The van der Waals surface area contributed by atoms with Gasteiger partial charge in [0.05, 0.1) is 29.7 Å². The number of carbonyl (C=O) groups excluding carboxylic acids is 1. The van der Waals surface area contributed by atoms with Crippen LogP contribution in [0.15, 0.2) is 54.7 Å². The largest absolute Gasteiger partial charge is 0.323 e. The summed E-state index contributed by atoms with van der Waals surface area (Å²) in [4.78, 5) is 12.4. The van der Waals surface area contributed by atoms with Crippen LogP contribution < -0.4 is 5.32 Å². The Morgan fingerprint density at radius 1 is 1.12 bits per heavy atom. The Labute approximate surface area is 146 Å². The van der Waals surface area contributed by atoms with Gasteiger partial charge in [0.2, 0.25) is 5.91 Å². The molecule has 0 atom stereocenters. The number of benzene rings is 2. The van der Waals surface area contributed by atoms with E-state index in [2.05, 4.69) is 10.4 Å². The molecule has 0 saturated heterocycles. The first-order valence-electron chi connectivity index (χ1n) is 7.70. The average Bonchev–Trinajstić information content (AvgIpc) is 2.93. The molecule has 0 aliphatic rings. The van der Waals surface area contributed by atoms with Crippen LogP contribution in [0.4, 0.5) is 5.69 Å². The highest BCUT2D eigenvalue weighted by Gasteiger charge is 2.13. The van der Waals surface area contributed by atoms with Gasteiger partial charge in [0.15, 0.2) is 0 Å². The van der Waals surface area contributed by atoms with E-state index in [1.165, 1.54) is 0 Å². The van der Waals surface area contributed by atoms with Gasteiger partial charge in [-0.3, -0.25) is 4.79 Å². The third-order valence-corrected chi connectivity index (χ3v) is 4.33. The molecule has 5 heteroatoms. The minimum atomic E-state index is -0.109. The topological polar surface area (TPSA) is 46.9 Å². The van der Waals surface area contributed by atoms with E-state index in [1.54, 1.807) is 16.9 Å². The van der Waals surface area contributed by atoms with Crippen molar-refractivity contribution in [1.82, 2.24) is 9.78 Å². The number of nitrogens with zero attached hydrogens (tertiary/aromatic N) is 2. The maximum Gasteiger partial charge on any atom is 0.228 e. The number of aryl methyl sites for hydroxylation is 1. The Balaban J connectivity index is 1.77. The Morgan fingerprint density at radius 3 is 2.58 bits per heavy atom. The average molecular weight is 340 g/mol. The number of para-hydroxylation sites is 1. The smallest absolute Gasteiger partial charge is 0.228 e. The quantitative estimate of drug-likeness (QED) is 0.769. The van der Waals surface area contributed by atoms with Crippen LogP contribution in [0.25, 0.3) is 5.69 Å². The lowest BCUT2D eigenvalue weighted by Crippen LogP contribution is -2.16. The van der Waals surface area contributed by atoms with Gasteiger partial charge in [0, 0.05) is 5.02 Å². The third-order valence-electron chi connectivity index (χ3n) is 3.98. The minimum Gasteiger partial charge on any atom is -0.323 e. The van der Waals surface area contributed by atoms with Gasteiger partial charge in [-0.2, -0.15) is 5.10 Å². The number of carbonyl (C=O) groups is 1. The molecule has 1 N–H and O–H groups in total. The van der Waals surface area contributed by atoms with E-state index < -0.39 is 0 Å². The van der Waals surface area contributed by atoms with Crippen LogP contribution in [0.3, 0.4) is 0 Å². The molecule has 3 aromatic rings. The fourth-order valence-corrected chi connectivity index (χ4v) is 2.90. The first-order valence-corrected chi connectivity index (χ1v) is 8.08. The lowest BCUT2D eigenvalue weighted by Gasteiger charge is -2.09. The molecule has 0 unspecified atom stereocenters. The zero-order chi connectivity index (χ0) is 17.1. The highest BCUT2D eigenvalue weighted by Crippen LogP contribution is 2.22. The number of amides is 1. The van der Waals surface area contributed by atoms with Gasteiger partial charge in [0.1, 0.15) is 0 Å². The summed E-state index contributed by atoms with van der Waals surface area (Å²) in [6.07, 6.45) is 1.90. The molecule has 0 aliphatic carbocycles. The summed E-state index contributed by atoms with van der Waals surface area (Å²) >= 11 is 6.20. The van der Waals surface area contributed by atoms with E-state index >= 15 is 0 Å². The molecular weight excluding hydrogens is 322 g/mol. The zero-order valence-corrected chi connectivity index (χ0v) is 14.3. The van der Waals surface area contributed by atoms with Crippen LogP contribution in [0, 0.1) is 13.8 Å². The van der Waals surface area contributed by atoms with Gasteiger partial charge < -0.3 is 5.32 Å². The number of hydrogen-bond donors (Lipinski definition) is 1. The van der Waals surface area contributed by atoms with Crippen molar-refractivity contribution in [2.45, 2.75) is 20.3 Å². The van der Waals surface area contributed by atoms with E-state index in [9.17, 15) is 4.79 Å². The second kappa shape index (κ2) is 6.89. The van der Waals surface area contributed by atoms with E-state index in [-0.39, 0.29) is 12.3 Å². The number of nitrogens with one attached hydrogen (secondary N) is 1. The first-order chi connectivity index (χ1) is 11.6. The van der Waals surface area contributed by atoms with Crippen molar-refractivity contribution in [2.24, 2.45) is 0 Å². The van der Waals surface area contributed by atoms with Crippen molar-refractivity contribution in [3.63, 3.8) is 0 Å². The summed E-state index contributed by atoms with van der Waals surface area (Å²) < 4.78 is 1.80. The SMILES string of the molecule is Cc1cccc(Cl)c1CC(=O)Nc1cnn(-c2ccccc2)c1C. The Morgan fingerprint density at radius 2 is 1.88 bits per heavy atom. The van der Waals surface area contributed by atoms with Gasteiger partial charge in [-0.25, -0.2) is 4.68 Å². The fourth-order valence-electron chi connectivity index (χ4n) is 2.61. The van der Waals surface area contributed by atoms with Crippen LogP contribution in [-0.2, 0) is 11.2 Å². The molecule has 0 fully saturated rings. The number of anilines is 1. The van der Waals surface area contributed by atoms with Crippen LogP contribution in [0.1, 0.15) is 16.8 Å². The molecule has 2 aromatic carbocycles. The van der Waals surface area contributed by atoms with Gasteiger partial charge in [-0.15, -0.1) is 0 Å². The monoisotopic (exact) mass is 339 g/mol. The molecule has 1 heterocycles. The molecule has 4 nitrogen and oxygen atoms in total. The maximum atomic E-state index is 12.4. The summed E-state index contributed by atoms with van der Waals surface area (Å²) in [5.74, 6) is -0.109. The molecule has 1 aromatic heterocycles. The molecule has 3 rings (SSSR count). The van der Waals surface area contributed by atoms with Crippen molar-refractivity contribution in [2.75, 3.05) is 5.32 Å². The van der Waals surface area contributed by atoms with Crippen LogP contribution in [-0.4, -0.2) is 15.7 Å². The van der Waals surface area contributed by atoms with E-state index in [0.717, 1.165) is 22.5 Å². The van der Waals surface area contributed by atoms with E-state index in [0.29, 0.717) is 10.7 Å².